The highest BCUT2D eigenvalue weighted by atomic mass is 35.5. The lowest BCUT2D eigenvalue weighted by atomic mass is 9.98. The van der Waals surface area contributed by atoms with E-state index >= 15 is 0 Å². The van der Waals surface area contributed by atoms with Crippen LogP contribution in [0, 0.1) is 0 Å². The molecule has 0 atom stereocenters. The Balaban J connectivity index is 1.67. The first-order valence-corrected chi connectivity index (χ1v) is 10.5. The molecular weight excluding hydrogens is 435 g/mol. The monoisotopic (exact) mass is 456 g/mol. The van der Waals surface area contributed by atoms with E-state index in [1.165, 1.54) is 0 Å². The van der Waals surface area contributed by atoms with Gasteiger partial charge < -0.3 is 14.2 Å². The normalized spacial score (nSPS) is 10.3. The summed E-state index contributed by atoms with van der Waals surface area (Å²) in [7, 11) is 0. The van der Waals surface area contributed by atoms with E-state index in [2.05, 4.69) is 0 Å². The number of carbonyl (C=O) groups excluding carboxylic acids is 1. The second kappa shape index (κ2) is 11.4. The van der Waals surface area contributed by atoms with Crippen LogP contribution in [-0.2, 0) is 9.53 Å². The van der Waals surface area contributed by atoms with Gasteiger partial charge in [-0.2, -0.15) is 0 Å². The number of benzene rings is 3. The maximum Gasteiger partial charge on any atom is 0.344 e. The summed E-state index contributed by atoms with van der Waals surface area (Å²) in [5, 5.41) is 1.36. The van der Waals surface area contributed by atoms with E-state index in [0.29, 0.717) is 34.8 Å². The molecule has 3 rings (SSSR count). The fourth-order valence-corrected chi connectivity index (χ4v) is 3.11. The standard InChI is InChI=1S/C25H22Cl2O4/c1-2-29-25(28)17-31-23-13-11-22(12-14-23)30-16-15-24(18-3-7-20(26)8-4-18)19-5-9-21(27)10-6-19/h3-15H,2,16-17H2,1H3. The molecule has 0 radical (unpaired) electrons. The first kappa shape index (κ1) is 22.7. The Hall–Kier alpha value is -2.95. The third-order valence-corrected chi connectivity index (χ3v) is 4.84. The van der Waals surface area contributed by atoms with Crippen molar-refractivity contribution in [2.45, 2.75) is 6.92 Å². The molecule has 0 aliphatic rings. The van der Waals surface area contributed by atoms with Crippen LogP contribution in [0.4, 0.5) is 0 Å². The van der Waals surface area contributed by atoms with Crippen molar-refractivity contribution in [3.8, 4) is 11.5 Å². The number of rotatable bonds is 9. The molecule has 3 aromatic rings. The van der Waals surface area contributed by atoms with E-state index in [4.69, 9.17) is 37.4 Å². The summed E-state index contributed by atoms with van der Waals surface area (Å²) in [6.45, 7) is 2.33. The van der Waals surface area contributed by atoms with Crippen LogP contribution in [0.25, 0.3) is 5.57 Å². The number of hydrogen-bond donors (Lipinski definition) is 0. The topological polar surface area (TPSA) is 44.8 Å². The van der Waals surface area contributed by atoms with E-state index < -0.39 is 5.97 Å². The molecule has 31 heavy (non-hydrogen) atoms. The molecule has 0 heterocycles. The minimum absolute atomic E-state index is 0.123. The summed E-state index contributed by atoms with van der Waals surface area (Å²) in [6, 6.07) is 22.4. The predicted molar refractivity (Wildman–Crippen MR) is 124 cm³/mol. The smallest absolute Gasteiger partial charge is 0.344 e. The SMILES string of the molecule is CCOC(=O)COc1ccc(OCC=C(c2ccc(Cl)cc2)c2ccc(Cl)cc2)cc1. The zero-order valence-electron chi connectivity index (χ0n) is 17.0. The van der Waals surface area contributed by atoms with Gasteiger partial charge >= 0.3 is 5.97 Å². The van der Waals surface area contributed by atoms with E-state index in [1.807, 2.05) is 54.6 Å². The highest BCUT2D eigenvalue weighted by Gasteiger charge is 2.06. The molecule has 0 aliphatic heterocycles. The average Bonchev–Trinajstić information content (AvgIpc) is 2.78. The van der Waals surface area contributed by atoms with Gasteiger partial charge in [-0.05, 0) is 78.2 Å². The van der Waals surface area contributed by atoms with Crippen molar-refractivity contribution in [2.24, 2.45) is 0 Å². The molecule has 6 heteroatoms. The van der Waals surface area contributed by atoms with Crippen molar-refractivity contribution >= 4 is 34.7 Å². The average molecular weight is 457 g/mol. The highest BCUT2D eigenvalue weighted by Crippen LogP contribution is 2.26. The summed E-state index contributed by atoms with van der Waals surface area (Å²) >= 11 is 12.1. The quantitative estimate of drug-likeness (QED) is 0.347. The van der Waals surface area contributed by atoms with Crippen molar-refractivity contribution in [3.05, 3.63) is 100 Å². The maximum absolute atomic E-state index is 11.4. The van der Waals surface area contributed by atoms with Gasteiger partial charge in [-0.1, -0.05) is 47.5 Å². The van der Waals surface area contributed by atoms with Crippen molar-refractivity contribution in [1.29, 1.82) is 0 Å². The second-order valence-electron chi connectivity index (χ2n) is 6.51. The minimum atomic E-state index is -0.398. The Morgan fingerprint density at radius 1 is 0.774 bits per heavy atom. The van der Waals surface area contributed by atoms with Crippen LogP contribution < -0.4 is 9.47 Å². The Morgan fingerprint density at radius 3 is 1.74 bits per heavy atom. The molecule has 0 amide bonds. The van der Waals surface area contributed by atoms with Crippen molar-refractivity contribution in [3.63, 3.8) is 0 Å². The summed E-state index contributed by atoms with van der Waals surface area (Å²) in [5.41, 5.74) is 3.07. The molecule has 0 saturated heterocycles. The molecule has 3 aromatic carbocycles. The van der Waals surface area contributed by atoms with Gasteiger partial charge in [-0.15, -0.1) is 0 Å². The molecule has 0 aromatic heterocycles. The van der Waals surface area contributed by atoms with Crippen LogP contribution in [-0.4, -0.2) is 25.8 Å². The van der Waals surface area contributed by atoms with Gasteiger partial charge in [0.25, 0.3) is 0 Å². The maximum atomic E-state index is 11.4. The van der Waals surface area contributed by atoms with E-state index in [-0.39, 0.29) is 6.61 Å². The lowest BCUT2D eigenvalue weighted by Gasteiger charge is -2.11. The van der Waals surface area contributed by atoms with E-state index in [0.717, 1.165) is 16.7 Å². The Bertz CT molecular complexity index is 963. The lowest BCUT2D eigenvalue weighted by Crippen LogP contribution is -2.14. The van der Waals surface area contributed by atoms with Gasteiger partial charge in [-0.25, -0.2) is 4.79 Å². The number of hydrogen-bond acceptors (Lipinski definition) is 4. The third-order valence-electron chi connectivity index (χ3n) is 4.33. The fraction of sp³-hybridized carbons (Fsp3) is 0.160. The Morgan fingerprint density at radius 2 is 1.26 bits per heavy atom. The van der Waals surface area contributed by atoms with Gasteiger partial charge in [-0.3, -0.25) is 0 Å². The van der Waals surface area contributed by atoms with Crippen LogP contribution in [0.2, 0.25) is 10.0 Å². The summed E-state index contributed by atoms with van der Waals surface area (Å²) in [5.74, 6) is 0.857. The molecule has 0 N–H and O–H groups in total. The van der Waals surface area contributed by atoms with E-state index in [1.54, 1.807) is 31.2 Å². The van der Waals surface area contributed by atoms with Crippen molar-refractivity contribution < 1.29 is 19.0 Å². The highest BCUT2D eigenvalue weighted by molar-refractivity contribution is 6.31. The van der Waals surface area contributed by atoms with Crippen LogP contribution in [0.3, 0.4) is 0 Å². The van der Waals surface area contributed by atoms with Gasteiger partial charge in [0.2, 0.25) is 0 Å². The van der Waals surface area contributed by atoms with Gasteiger partial charge in [0.15, 0.2) is 6.61 Å². The first-order chi connectivity index (χ1) is 15.0. The molecule has 4 nitrogen and oxygen atoms in total. The molecule has 0 unspecified atom stereocenters. The first-order valence-electron chi connectivity index (χ1n) is 9.78. The molecule has 0 bridgehead atoms. The number of esters is 1. The molecule has 0 aliphatic carbocycles. The predicted octanol–water partition coefficient (Wildman–Crippen LogP) is 6.45. The molecule has 0 fully saturated rings. The minimum Gasteiger partial charge on any atom is -0.490 e. The van der Waals surface area contributed by atoms with Gasteiger partial charge in [0, 0.05) is 10.0 Å². The number of halogens is 2. The largest absolute Gasteiger partial charge is 0.490 e. The van der Waals surface area contributed by atoms with Crippen LogP contribution in [0.1, 0.15) is 18.1 Å². The van der Waals surface area contributed by atoms with Gasteiger partial charge in [0.05, 0.1) is 6.61 Å². The molecular formula is C25H22Cl2O4. The summed E-state index contributed by atoms with van der Waals surface area (Å²) in [6.07, 6.45) is 2.01. The van der Waals surface area contributed by atoms with Crippen LogP contribution in [0.15, 0.2) is 78.9 Å². The van der Waals surface area contributed by atoms with Crippen molar-refractivity contribution in [2.75, 3.05) is 19.8 Å². The Kier molecular flexibility index (Phi) is 8.39. The summed E-state index contributed by atoms with van der Waals surface area (Å²) in [4.78, 5) is 11.4. The molecule has 0 spiro atoms. The second-order valence-corrected chi connectivity index (χ2v) is 7.38. The molecule has 0 saturated carbocycles. The van der Waals surface area contributed by atoms with Crippen LogP contribution in [0.5, 0.6) is 11.5 Å². The third kappa shape index (κ3) is 7.06. The van der Waals surface area contributed by atoms with Crippen LogP contribution >= 0.6 is 23.2 Å². The van der Waals surface area contributed by atoms with E-state index in [9.17, 15) is 4.79 Å². The zero-order valence-corrected chi connectivity index (χ0v) is 18.5. The number of ether oxygens (including phenoxy) is 3. The van der Waals surface area contributed by atoms with Gasteiger partial charge in [0.1, 0.15) is 18.1 Å². The Labute approximate surface area is 192 Å². The number of carbonyl (C=O) groups is 1. The zero-order chi connectivity index (χ0) is 22.1. The van der Waals surface area contributed by atoms with Crippen molar-refractivity contribution in [1.82, 2.24) is 0 Å². The fourth-order valence-electron chi connectivity index (χ4n) is 2.86. The lowest BCUT2D eigenvalue weighted by molar-refractivity contribution is -0.145. The molecule has 160 valence electrons. The summed E-state index contributed by atoms with van der Waals surface area (Å²) < 4.78 is 16.1.